The second kappa shape index (κ2) is 9.78. The van der Waals surface area contributed by atoms with Crippen molar-refractivity contribution in [3.63, 3.8) is 0 Å². The number of benzene rings is 3. The lowest BCUT2D eigenvalue weighted by molar-refractivity contribution is -0.128. The lowest BCUT2D eigenvalue weighted by Gasteiger charge is -2.24. The summed E-state index contributed by atoms with van der Waals surface area (Å²) in [4.78, 5) is 27.1. The summed E-state index contributed by atoms with van der Waals surface area (Å²) >= 11 is 1.60. The van der Waals surface area contributed by atoms with Gasteiger partial charge >= 0.3 is 0 Å². The number of hydrogen-bond acceptors (Lipinski definition) is 5. The summed E-state index contributed by atoms with van der Waals surface area (Å²) in [7, 11) is 3.12. The Bertz CT molecular complexity index is 1100. The third-order valence-corrected chi connectivity index (χ3v) is 6.53. The van der Waals surface area contributed by atoms with Crippen molar-refractivity contribution in [1.29, 1.82) is 0 Å². The molecule has 1 fully saturated rings. The SMILES string of the molecule is COc1ccc(NC(=O)c2ccc(C3SCC(=O)N3Cc3ccccc3)cc2)c(OC)c1. The molecule has 2 amide bonds. The van der Waals surface area contributed by atoms with Gasteiger partial charge in [0.25, 0.3) is 5.91 Å². The summed E-state index contributed by atoms with van der Waals surface area (Å²) in [6, 6.07) is 22.6. The van der Waals surface area contributed by atoms with Crippen molar-refractivity contribution in [1.82, 2.24) is 4.90 Å². The Morgan fingerprint density at radius 3 is 2.47 bits per heavy atom. The molecular formula is C25H24N2O4S. The highest BCUT2D eigenvalue weighted by atomic mass is 32.2. The quantitative estimate of drug-likeness (QED) is 0.566. The second-order valence-corrected chi connectivity index (χ2v) is 8.38. The minimum absolute atomic E-state index is 0.0681. The van der Waals surface area contributed by atoms with Crippen LogP contribution in [0.25, 0.3) is 0 Å². The Kier molecular flexibility index (Phi) is 6.66. The van der Waals surface area contributed by atoms with Crippen molar-refractivity contribution in [2.45, 2.75) is 11.9 Å². The molecular weight excluding hydrogens is 424 g/mol. The first-order valence-corrected chi connectivity index (χ1v) is 11.2. The predicted molar refractivity (Wildman–Crippen MR) is 126 cm³/mol. The number of rotatable bonds is 7. The summed E-state index contributed by atoms with van der Waals surface area (Å²) in [5.41, 5.74) is 3.18. The smallest absolute Gasteiger partial charge is 0.255 e. The van der Waals surface area contributed by atoms with Crippen molar-refractivity contribution in [2.75, 3.05) is 25.3 Å². The molecule has 3 aromatic carbocycles. The van der Waals surface area contributed by atoms with E-state index in [0.717, 1.165) is 11.1 Å². The van der Waals surface area contributed by atoms with Crippen LogP contribution < -0.4 is 14.8 Å². The van der Waals surface area contributed by atoms with Crippen molar-refractivity contribution < 1.29 is 19.1 Å². The molecule has 4 rings (SSSR count). The normalized spacial score (nSPS) is 15.5. The molecule has 7 heteroatoms. The summed E-state index contributed by atoms with van der Waals surface area (Å²) < 4.78 is 10.5. The van der Waals surface area contributed by atoms with Gasteiger partial charge in [0.2, 0.25) is 5.91 Å². The van der Waals surface area contributed by atoms with Gasteiger partial charge in [0.15, 0.2) is 0 Å². The molecule has 1 heterocycles. The van der Waals surface area contributed by atoms with Crippen LogP contribution in [0.5, 0.6) is 11.5 Å². The number of nitrogens with one attached hydrogen (secondary N) is 1. The third kappa shape index (κ3) is 4.73. The molecule has 1 aliphatic heterocycles. The first-order valence-electron chi connectivity index (χ1n) is 10.2. The maximum absolute atomic E-state index is 12.8. The molecule has 0 radical (unpaired) electrons. The fourth-order valence-electron chi connectivity index (χ4n) is 3.58. The van der Waals surface area contributed by atoms with Crippen LogP contribution in [0, 0.1) is 0 Å². The minimum Gasteiger partial charge on any atom is -0.497 e. The highest BCUT2D eigenvalue weighted by Crippen LogP contribution is 2.39. The van der Waals surface area contributed by atoms with E-state index in [1.165, 1.54) is 0 Å². The Balaban J connectivity index is 1.48. The molecule has 0 aromatic heterocycles. The van der Waals surface area contributed by atoms with Crippen LogP contribution in [0.15, 0.2) is 72.8 Å². The number of nitrogens with zero attached hydrogens (tertiary/aromatic N) is 1. The zero-order chi connectivity index (χ0) is 22.5. The number of ether oxygens (including phenoxy) is 2. The van der Waals surface area contributed by atoms with E-state index in [1.807, 2.05) is 47.4 Å². The largest absolute Gasteiger partial charge is 0.497 e. The zero-order valence-electron chi connectivity index (χ0n) is 17.9. The van der Waals surface area contributed by atoms with Crippen molar-refractivity contribution in [3.05, 3.63) is 89.5 Å². The Hall–Kier alpha value is -3.45. The van der Waals surface area contributed by atoms with E-state index >= 15 is 0 Å². The van der Waals surface area contributed by atoms with Crippen LogP contribution in [-0.4, -0.2) is 36.7 Å². The molecule has 1 N–H and O–H groups in total. The van der Waals surface area contributed by atoms with E-state index in [9.17, 15) is 9.59 Å². The van der Waals surface area contributed by atoms with Crippen LogP contribution in [0.1, 0.15) is 26.9 Å². The molecule has 1 aliphatic rings. The van der Waals surface area contributed by atoms with Crippen LogP contribution in [0.4, 0.5) is 5.69 Å². The first kappa shape index (κ1) is 21.8. The number of amides is 2. The second-order valence-electron chi connectivity index (χ2n) is 7.31. The number of thioether (sulfide) groups is 1. The fourth-order valence-corrected chi connectivity index (χ4v) is 4.76. The van der Waals surface area contributed by atoms with E-state index in [2.05, 4.69) is 5.32 Å². The zero-order valence-corrected chi connectivity index (χ0v) is 18.7. The summed E-state index contributed by atoms with van der Waals surface area (Å²) in [5.74, 6) is 1.50. The van der Waals surface area contributed by atoms with Gasteiger partial charge in [-0.2, -0.15) is 0 Å². The Morgan fingerprint density at radius 2 is 1.78 bits per heavy atom. The van der Waals surface area contributed by atoms with Crippen LogP contribution >= 0.6 is 11.8 Å². The molecule has 3 aromatic rings. The maximum Gasteiger partial charge on any atom is 0.255 e. The summed E-state index contributed by atoms with van der Waals surface area (Å²) in [6.45, 7) is 0.566. The topological polar surface area (TPSA) is 67.9 Å². The van der Waals surface area contributed by atoms with Crippen LogP contribution in [-0.2, 0) is 11.3 Å². The van der Waals surface area contributed by atoms with Crippen molar-refractivity contribution in [3.8, 4) is 11.5 Å². The monoisotopic (exact) mass is 448 g/mol. The van der Waals surface area contributed by atoms with Gasteiger partial charge in [-0.25, -0.2) is 0 Å². The van der Waals surface area contributed by atoms with E-state index in [1.54, 1.807) is 56.3 Å². The molecule has 1 saturated heterocycles. The minimum atomic E-state index is -0.240. The Morgan fingerprint density at radius 1 is 1.03 bits per heavy atom. The molecule has 0 aliphatic carbocycles. The number of carbonyl (C=O) groups is 2. The van der Waals surface area contributed by atoms with Gasteiger partial charge in [-0.1, -0.05) is 42.5 Å². The first-order chi connectivity index (χ1) is 15.6. The standard InChI is InChI=1S/C25H24N2O4S/c1-30-20-12-13-21(22(14-20)31-2)26-24(29)18-8-10-19(11-9-18)25-27(23(28)16-32-25)15-17-6-4-3-5-7-17/h3-14,25H,15-16H2,1-2H3,(H,26,29). The van der Waals surface area contributed by atoms with E-state index < -0.39 is 0 Å². The fraction of sp³-hybridized carbons (Fsp3) is 0.200. The van der Waals surface area contributed by atoms with Gasteiger partial charge in [-0.15, -0.1) is 11.8 Å². The van der Waals surface area contributed by atoms with Gasteiger partial charge in [0, 0.05) is 18.2 Å². The van der Waals surface area contributed by atoms with E-state index in [4.69, 9.17) is 9.47 Å². The van der Waals surface area contributed by atoms with Gasteiger partial charge in [0.1, 0.15) is 16.9 Å². The molecule has 1 unspecified atom stereocenters. The van der Waals surface area contributed by atoms with Gasteiger partial charge < -0.3 is 19.7 Å². The molecule has 1 atom stereocenters. The molecule has 6 nitrogen and oxygen atoms in total. The molecule has 32 heavy (non-hydrogen) atoms. The van der Waals surface area contributed by atoms with Gasteiger partial charge in [-0.05, 0) is 35.4 Å². The molecule has 0 saturated carbocycles. The lowest BCUT2D eigenvalue weighted by atomic mass is 10.1. The van der Waals surface area contributed by atoms with Crippen molar-refractivity contribution in [2.24, 2.45) is 0 Å². The molecule has 0 spiro atoms. The average Bonchev–Trinajstić information content (AvgIpc) is 3.20. The van der Waals surface area contributed by atoms with E-state index in [-0.39, 0.29) is 17.2 Å². The lowest BCUT2D eigenvalue weighted by Crippen LogP contribution is -2.27. The maximum atomic E-state index is 12.8. The third-order valence-electron chi connectivity index (χ3n) is 5.28. The average molecular weight is 449 g/mol. The van der Waals surface area contributed by atoms with Crippen LogP contribution in [0.3, 0.4) is 0 Å². The number of methoxy groups -OCH3 is 2. The summed E-state index contributed by atoms with van der Waals surface area (Å²) in [5, 5.41) is 2.81. The number of anilines is 1. The summed E-state index contributed by atoms with van der Waals surface area (Å²) in [6.07, 6.45) is 0. The van der Waals surface area contributed by atoms with Crippen LogP contribution in [0.2, 0.25) is 0 Å². The number of hydrogen-bond donors (Lipinski definition) is 1. The highest BCUT2D eigenvalue weighted by molar-refractivity contribution is 8.00. The van der Waals surface area contributed by atoms with E-state index in [0.29, 0.717) is 35.0 Å². The molecule has 0 bridgehead atoms. The van der Waals surface area contributed by atoms with Gasteiger partial charge in [0.05, 0.1) is 25.7 Å². The number of carbonyl (C=O) groups excluding carboxylic acids is 2. The molecule has 164 valence electrons. The van der Waals surface area contributed by atoms with Gasteiger partial charge in [-0.3, -0.25) is 9.59 Å². The predicted octanol–water partition coefficient (Wildman–Crippen LogP) is 4.73. The van der Waals surface area contributed by atoms with Crippen molar-refractivity contribution >= 4 is 29.3 Å². The highest BCUT2D eigenvalue weighted by Gasteiger charge is 2.32. The Labute approximate surface area is 191 Å².